The van der Waals surface area contributed by atoms with Gasteiger partial charge in [0.05, 0.1) is 6.61 Å². The number of alkyl carbamates (subject to hydrolysis) is 1. The number of amides is 1. The fourth-order valence-corrected chi connectivity index (χ4v) is 5.95. The highest BCUT2D eigenvalue weighted by Crippen LogP contribution is 2.26. The van der Waals surface area contributed by atoms with Gasteiger partial charge in [0.15, 0.2) is 0 Å². The van der Waals surface area contributed by atoms with E-state index >= 15 is 0 Å². The number of carbonyl (C=O) groups is 3. The van der Waals surface area contributed by atoms with Gasteiger partial charge in [-0.3, -0.25) is 4.79 Å². The lowest BCUT2D eigenvalue weighted by molar-refractivity contribution is -0.156. The number of hydrogen-bond acceptors (Lipinski definition) is 7. The van der Waals surface area contributed by atoms with Gasteiger partial charge in [-0.2, -0.15) is 11.8 Å². The third-order valence-corrected chi connectivity index (χ3v) is 8.79. The maximum Gasteiger partial charge on any atom is 0.408 e. The Kier molecular flexibility index (Phi) is 29.0. The predicted molar refractivity (Wildman–Crippen MR) is 195 cm³/mol. The normalized spacial score (nSPS) is 12.5. The molecule has 0 aliphatic rings. The average molecular weight is 733 g/mol. The lowest BCUT2D eigenvalue weighted by Gasteiger charge is -2.24. The van der Waals surface area contributed by atoms with Gasteiger partial charge in [0.1, 0.15) is 18.2 Å². The quantitative estimate of drug-likeness (QED) is 0.0354. The summed E-state index contributed by atoms with van der Waals surface area (Å²) in [5.41, 5.74) is -0.719. The number of unbranched alkanes of at least 4 members (excludes halogenated alkanes) is 18. The Labute approximate surface area is 300 Å². The number of carbonyl (C=O) groups excluding carboxylic acids is 3. The first kappa shape index (κ1) is 45.4. The van der Waals surface area contributed by atoms with Crippen LogP contribution < -0.4 is 5.32 Å². The van der Waals surface area contributed by atoms with E-state index in [1.165, 1.54) is 121 Å². The van der Waals surface area contributed by atoms with E-state index in [-0.39, 0.29) is 11.7 Å². The number of halogens is 3. The van der Waals surface area contributed by atoms with Gasteiger partial charge in [-0.1, -0.05) is 157 Å². The van der Waals surface area contributed by atoms with E-state index in [1.54, 1.807) is 20.8 Å². The Morgan fingerprint density at radius 2 is 1.13 bits per heavy atom. The van der Waals surface area contributed by atoms with Gasteiger partial charge in [0, 0.05) is 12.2 Å². The Balaban J connectivity index is 3.75. The largest absolute Gasteiger partial charge is 0.466 e. The molecule has 11 heteroatoms. The van der Waals surface area contributed by atoms with Crippen molar-refractivity contribution in [2.75, 3.05) is 24.7 Å². The van der Waals surface area contributed by atoms with Gasteiger partial charge in [0.25, 0.3) is 0 Å². The van der Waals surface area contributed by atoms with E-state index in [0.29, 0.717) is 25.2 Å². The number of rotatable bonds is 29. The van der Waals surface area contributed by atoms with Gasteiger partial charge >= 0.3 is 18.0 Å². The molecule has 0 rings (SSSR count). The highest BCUT2D eigenvalue weighted by Gasteiger charge is 2.28. The lowest BCUT2D eigenvalue weighted by atomic mass is 10.0. The number of ether oxygens (including phenoxy) is 3. The Bertz CT molecular complexity index is 776. The molecule has 0 saturated heterocycles. The topological polar surface area (TPSA) is 90.9 Å². The highest BCUT2D eigenvalue weighted by molar-refractivity contribution is 7.99. The van der Waals surface area contributed by atoms with Crippen LogP contribution >= 0.6 is 46.6 Å². The molecular weight excluding hydrogens is 669 g/mol. The smallest absolute Gasteiger partial charge is 0.408 e. The van der Waals surface area contributed by atoms with E-state index in [1.807, 2.05) is 0 Å². The van der Waals surface area contributed by atoms with Gasteiger partial charge in [0.2, 0.25) is 3.79 Å². The summed E-state index contributed by atoms with van der Waals surface area (Å²) < 4.78 is 13.9. The van der Waals surface area contributed by atoms with E-state index < -0.39 is 34.1 Å². The molecule has 46 heavy (non-hydrogen) atoms. The zero-order chi connectivity index (χ0) is 34.5. The molecule has 0 bridgehead atoms. The van der Waals surface area contributed by atoms with Crippen molar-refractivity contribution in [1.29, 1.82) is 0 Å². The molecule has 0 aromatic heterocycles. The molecule has 1 N–H and O–H groups in total. The molecule has 1 amide bonds. The summed E-state index contributed by atoms with van der Waals surface area (Å²) in [4.78, 5) is 36.7. The minimum atomic E-state index is -1.75. The summed E-state index contributed by atoms with van der Waals surface area (Å²) in [6.07, 6.45) is 25.4. The molecule has 1 atom stereocenters. The van der Waals surface area contributed by atoms with Crippen LogP contribution in [0.2, 0.25) is 0 Å². The Hall–Kier alpha value is -0.570. The van der Waals surface area contributed by atoms with Crippen LogP contribution in [0, 0.1) is 0 Å². The first-order valence-electron chi connectivity index (χ1n) is 17.8. The summed E-state index contributed by atoms with van der Waals surface area (Å²) in [7, 11) is 0. The van der Waals surface area contributed by atoms with Gasteiger partial charge in [-0.25, -0.2) is 9.59 Å². The van der Waals surface area contributed by atoms with E-state index in [0.717, 1.165) is 12.8 Å². The molecule has 0 aliphatic heterocycles. The molecule has 0 radical (unpaired) electrons. The Morgan fingerprint density at radius 3 is 1.57 bits per heavy atom. The summed E-state index contributed by atoms with van der Waals surface area (Å²) in [6, 6.07) is -0.941. The SMILES string of the molecule is CCCCCCCCCCCCCCCCCCCCCC(=O)OCCCSC[C@H](NC(=O)OCC(Cl)(Cl)Cl)C(=O)OC(C)(C)C. The van der Waals surface area contributed by atoms with Gasteiger partial charge < -0.3 is 19.5 Å². The van der Waals surface area contributed by atoms with Crippen LogP contribution in [0.15, 0.2) is 0 Å². The number of thioether (sulfide) groups is 1. The van der Waals surface area contributed by atoms with E-state index in [9.17, 15) is 14.4 Å². The fraction of sp³-hybridized carbons (Fsp3) is 0.914. The third kappa shape index (κ3) is 33.3. The predicted octanol–water partition coefficient (Wildman–Crippen LogP) is 11.3. The number of esters is 2. The molecule has 272 valence electrons. The average Bonchev–Trinajstić information content (AvgIpc) is 2.97. The second kappa shape index (κ2) is 29.4. The zero-order valence-electron chi connectivity index (χ0n) is 29.2. The molecule has 0 fully saturated rings. The van der Waals surface area contributed by atoms with Crippen molar-refractivity contribution in [1.82, 2.24) is 5.32 Å². The van der Waals surface area contributed by atoms with Crippen LogP contribution in [-0.2, 0) is 23.8 Å². The molecule has 0 aromatic carbocycles. The van der Waals surface area contributed by atoms with Crippen molar-refractivity contribution in [3.05, 3.63) is 0 Å². The number of hydrogen-bond donors (Lipinski definition) is 1. The molecule has 0 unspecified atom stereocenters. The van der Waals surface area contributed by atoms with Gasteiger partial charge in [-0.15, -0.1) is 0 Å². The first-order valence-corrected chi connectivity index (χ1v) is 20.1. The maximum atomic E-state index is 12.6. The van der Waals surface area contributed by atoms with E-state index in [2.05, 4.69) is 12.2 Å². The van der Waals surface area contributed by atoms with Crippen molar-refractivity contribution >= 4 is 64.6 Å². The number of alkyl halides is 3. The van der Waals surface area contributed by atoms with Crippen LogP contribution in [0.25, 0.3) is 0 Å². The summed E-state index contributed by atoms with van der Waals surface area (Å²) >= 11 is 18.3. The zero-order valence-corrected chi connectivity index (χ0v) is 32.3. The van der Waals surface area contributed by atoms with Crippen molar-refractivity contribution in [2.45, 2.75) is 178 Å². The molecule has 0 spiro atoms. The van der Waals surface area contributed by atoms with Crippen LogP contribution in [0.1, 0.15) is 163 Å². The molecule has 0 saturated carbocycles. The maximum absolute atomic E-state index is 12.6. The molecular formula is C35H64Cl3NO6S. The monoisotopic (exact) mass is 731 g/mol. The summed E-state index contributed by atoms with van der Waals surface area (Å²) in [5, 5.41) is 2.47. The second-order valence-electron chi connectivity index (χ2n) is 13.2. The van der Waals surface area contributed by atoms with Crippen molar-refractivity contribution < 1.29 is 28.6 Å². The van der Waals surface area contributed by atoms with Crippen LogP contribution in [0.5, 0.6) is 0 Å². The first-order chi connectivity index (χ1) is 21.8. The molecule has 7 nitrogen and oxygen atoms in total. The van der Waals surface area contributed by atoms with Crippen LogP contribution in [0.3, 0.4) is 0 Å². The summed E-state index contributed by atoms with van der Waals surface area (Å²) in [5.74, 6) is 0.140. The van der Waals surface area contributed by atoms with E-state index in [4.69, 9.17) is 49.0 Å². The fourth-order valence-electron chi connectivity index (χ4n) is 4.84. The second-order valence-corrected chi connectivity index (χ2v) is 16.9. The van der Waals surface area contributed by atoms with Crippen LogP contribution in [0.4, 0.5) is 4.79 Å². The Morgan fingerprint density at radius 1 is 0.674 bits per heavy atom. The highest BCUT2D eigenvalue weighted by atomic mass is 35.6. The molecule has 0 aliphatic carbocycles. The summed E-state index contributed by atoms with van der Waals surface area (Å²) in [6.45, 7) is 7.37. The van der Waals surface area contributed by atoms with Crippen LogP contribution in [-0.4, -0.2) is 58.2 Å². The number of nitrogens with one attached hydrogen (secondary N) is 1. The lowest BCUT2D eigenvalue weighted by Crippen LogP contribution is -2.46. The molecule has 0 heterocycles. The van der Waals surface area contributed by atoms with Gasteiger partial charge in [-0.05, 0) is 39.4 Å². The van der Waals surface area contributed by atoms with Crippen molar-refractivity contribution in [3.63, 3.8) is 0 Å². The molecule has 0 aromatic rings. The standard InChI is InChI=1S/C35H64Cl3NO6S/c1-5-6-7-8-9-10-11-12-13-14-15-16-17-18-19-20-21-22-23-25-31(40)43-26-24-27-46-28-30(32(41)45-34(2,3)4)39-33(42)44-29-35(36,37)38/h30H,5-29H2,1-4H3,(H,39,42)/t30-/m0/s1. The third-order valence-electron chi connectivity index (χ3n) is 7.32. The van der Waals surface area contributed by atoms with Crippen molar-refractivity contribution in [2.24, 2.45) is 0 Å². The minimum Gasteiger partial charge on any atom is -0.466 e. The minimum absolute atomic E-state index is 0.165. The van der Waals surface area contributed by atoms with Crippen molar-refractivity contribution in [3.8, 4) is 0 Å².